The van der Waals surface area contributed by atoms with Crippen LogP contribution < -0.4 is 0 Å². The van der Waals surface area contributed by atoms with Crippen molar-refractivity contribution in [1.29, 1.82) is 0 Å². The highest BCUT2D eigenvalue weighted by atomic mass is 19.1. The number of aromatic nitrogens is 3. The number of pyridine rings is 1. The molecular weight excluding hydrogens is 219 g/mol. The minimum absolute atomic E-state index is 0.328. The summed E-state index contributed by atoms with van der Waals surface area (Å²) in [5.41, 5.74) is 2.35. The van der Waals surface area contributed by atoms with Gasteiger partial charge in [-0.25, -0.2) is 14.1 Å². The van der Waals surface area contributed by atoms with E-state index in [0.717, 1.165) is 25.2 Å². The first-order valence-electron chi connectivity index (χ1n) is 5.60. The fourth-order valence-corrected chi connectivity index (χ4v) is 2.08. The van der Waals surface area contributed by atoms with Crippen LogP contribution in [0.25, 0.3) is 5.82 Å². The lowest BCUT2D eigenvalue weighted by molar-refractivity contribution is 0.311. The molecule has 1 aliphatic rings. The highest BCUT2D eigenvalue weighted by Gasteiger charge is 2.17. The average Bonchev–Trinajstić information content (AvgIpc) is 2.72. The number of hydrogen-bond donors (Lipinski definition) is 0. The Morgan fingerprint density at radius 2 is 2.24 bits per heavy atom. The Bertz CT molecular complexity index is 532. The van der Waals surface area contributed by atoms with Crippen molar-refractivity contribution in [3.05, 3.63) is 41.6 Å². The maximum absolute atomic E-state index is 12.8. The number of likely N-dealkylation sites (N-methyl/N-ethyl adjacent to an activating group) is 1. The summed E-state index contributed by atoms with van der Waals surface area (Å²) in [6, 6.07) is 3.03. The van der Waals surface area contributed by atoms with Gasteiger partial charge < -0.3 is 4.90 Å². The lowest BCUT2D eigenvalue weighted by Gasteiger charge is -2.20. The van der Waals surface area contributed by atoms with E-state index >= 15 is 0 Å². The molecule has 0 spiro atoms. The molecule has 5 heteroatoms. The van der Waals surface area contributed by atoms with Gasteiger partial charge in [-0.3, -0.25) is 0 Å². The molecule has 3 rings (SSSR count). The first-order chi connectivity index (χ1) is 8.22. The molecule has 0 fully saturated rings. The Labute approximate surface area is 98.7 Å². The van der Waals surface area contributed by atoms with E-state index in [1.54, 1.807) is 10.7 Å². The van der Waals surface area contributed by atoms with Crippen molar-refractivity contribution >= 4 is 0 Å². The molecule has 4 nitrogen and oxygen atoms in total. The van der Waals surface area contributed by atoms with E-state index in [-0.39, 0.29) is 5.82 Å². The first-order valence-corrected chi connectivity index (χ1v) is 5.60. The fourth-order valence-electron chi connectivity index (χ4n) is 2.08. The zero-order valence-electron chi connectivity index (χ0n) is 9.60. The normalized spacial score (nSPS) is 15.9. The van der Waals surface area contributed by atoms with E-state index in [1.165, 1.54) is 17.8 Å². The minimum atomic E-state index is -0.328. The monoisotopic (exact) mass is 232 g/mol. The standard InChI is InChI=1S/C12H13FN4/c1-16-5-4-11-9(7-16)8-17(15-11)12-3-2-10(13)6-14-12/h2-3,6,8H,4-5,7H2,1H3. The van der Waals surface area contributed by atoms with Crippen LogP contribution in [0.4, 0.5) is 4.39 Å². The van der Waals surface area contributed by atoms with E-state index in [2.05, 4.69) is 22.0 Å². The molecule has 0 unspecified atom stereocenters. The third-order valence-electron chi connectivity index (χ3n) is 2.99. The predicted molar refractivity (Wildman–Crippen MR) is 61.4 cm³/mol. The lowest BCUT2D eigenvalue weighted by Crippen LogP contribution is -2.25. The molecule has 0 aliphatic carbocycles. The molecule has 0 aromatic carbocycles. The Kier molecular flexibility index (Phi) is 2.40. The molecule has 0 saturated carbocycles. The zero-order valence-corrected chi connectivity index (χ0v) is 9.60. The SMILES string of the molecule is CN1CCc2nn(-c3ccc(F)cn3)cc2C1. The fraction of sp³-hybridized carbons (Fsp3) is 0.333. The average molecular weight is 232 g/mol. The first kappa shape index (κ1) is 10.4. The number of nitrogens with zero attached hydrogens (tertiary/aromatic N) is 4. The lowest BCUT2D eigenvalue weighted by atomic mass is 10.1. The van der Waals surface area contributed by atoms with Crippen LogP contribution in [0, 0.1) is 5.82 Å². The number of rotatable bonds is 1. The topological polar surface area (TPSA) is 34.0 Å². The molecule has 0 atom stereocenters. The summed E-state index contributed by atoms with van der Waals surface area (Å²) >= 11 is 0. The summed E-state index contributed by atoms with van der Waals surface area (Å²) in [4.78, 5) is 6.28. The van der Waals surface area contributed by atoms with Crippen LogP contribution >= 0.6 is 0 Å². The Hall–Kier alpha value is -1.75. The molecule has 3 heterocycles. The van der Waals surface area contributed by atoms with Gasteiger partial charge in [0.2, 0.25) is 0 Å². The molecular formula is C12H13FN4. The summed E-state index contributed by atoms with van der Waals surface area (Å²) in [5.74, 6) is 0.328. The summed E-state index contributed by atoms with van der Waals surface area (Å²) in [7, 11) is 2.09. The summed E-state index contributed by atoms with van der Waals surface area (Å²) in [6.45, 7) is 1.94. The van der Waals surface area contributed by atoms with Crippen molar-refractivity contribution in [3.63, 3.8) is 0 Å². The Balaban J connectivity index is 1.97. The van der Waals surface area contributed by atoms with Crippen LogP contribution in [0.1, 0.15) is 11.3 Å². The highest BCUT2D eigenvalue weighted by Crippen LogP contribution is 2.17. The van der Waals surface area contributed by atoms with E-state index in [0.29, 0.717) is 5.82 Å². The third-order valence-corrected chi connectivity index (χ3v) is 2.99. The molecule has 2 aromatic rings. The molecule has 0 saturated heterocycles. The van der Waals surface area contributed by atoms with Gasteiger partial charge >= 0.3 is 0 Å². The van der Waals surface area contributed by atoms with Gasteiger partial charge in [0.25, 0.3) is 0 Å². The molecule has 17 heavy (non-hydrogen) atoms. The van der Waals surface area contributed by atoms with Gasteiger partial charge in [-0.2, -0.15) is 5.10 Å². The Morgan fingerprint density at radius 1 is 1.35 bits per heavy atom. The van der Waals surface area contributed by atoms with Crippen molar-refractivity contribution in [2.75, 3.05) is 13.6 Å². The zero-order chi connectivity index (χ0) is 11.8. The van der Waals surface area contributed by atoms with Gasteiger partial charge in [-0.15, -0.1) is 0 Å². The maximum atomic E-state index is 12.8. The number of hydrogen-bond acceptors (Lipinski definition) is 3. The molecule has 0 bridgehead atoms. The van der Waals surface area contributed by atoms with E-state index in [9.17, 15) is 4.39 Å². The highest BCUT2D eigenvalue weighted by molar-refractivity contribution is 5.27. The number of halogens is 1. The smallest absolute Gasteiger partial charge is 0.153 e. The van der Waals surface area contributed by atoms with Crippen molar-refractivity contribution in [2.45, 2.75) is 13.0 Å². The van der Waals surface area contributed by atoms with Gasteiger partial charge in [0.1, 0.15) is 5.82 Å². The van der Waals surface area contributed by atoms with Crippen LogP contribution in [-0.4, -0.2) is 33.3 Å². The van der Waals surface area contributed by atoms with Gasteiger partial charge in [-0.05, 0) is 19.2 Å². The van der Waals surface area contributed by atoms with Crippen molar-refractivity contribution < 1.29 is 4.39 Å². The second-order valence-corrected chi connectivity index (χ2v) is 4.37. The van der Waals surface area contributed by atoms with Gasteiger partial charge in [0, 0.05) is 31.3 Å². The van der Waals surface area contributed by atoms with Crippen LogP contribution in [-0.2, 0) is 13.0 Å². The van der Waals surface area contributed by atoms with E-state index in [1.807, 2.05) is 6.20 Å². The summed E-state index contributed by atoms with van der Waals surface area (Å²) < 4.78 is 14.5. The van der Waals surface area contributed by atoms with Crippen LogP contribution in [0.5, 0.6) is 0 Å². The molecule has 0 radical (unpaired) electrons. The van der Waals surface area contributed by atoms with E-state index in [4.69, 9.17) is 0 Å². The molecule has 88 valence electrons. The third kappa shape index (κ3) is 1.93. The summed E-state index contributed by atoms with van der Waals surface area (Å²) in [5, 5.41) is 4.49. The Morgan fingerprint density at radius 3 is 3.00 bits per heavy atom. The second kappa shape index (κ2) is 3.92. The molecule has 0 N–H and O–H groups in total. The molecule has 2 aromatic heterocycles. The van der Waals surface area contributed by atoms with Gasteiger partial charge in [-0.1, -0.05) is 0 Å². The van der Waals surface area contributed by atoms with Crippen molar-refractivity contribution in [3.8, 4) is 5.82 Å². The van der Waals surface area contributed by atoms with Crippen LogP contribution in [0.15, 0.2) is 24.5 Å². The minimum Gasteiger partial charge on any atom is -0.302 e. The quantitative estimate of drug-likeness (QED) is 0.745. The summed E-state index contributed by atoms with van der Waals surface area (Å²) in [6.07, 6.45) is 4.15. The molecule has 0 amide bonds. The van der Waals surface area contributed by atoms with Gasteiger partial charge in [0.05, 0.1) is 11.9 Å². The second-order valence-electron chi connectivity index (χ2n) is 4.37. The predicted octanol–water partition coefficient (Wildman–Crippen LogP) is 1.39. The number of fused-ring (bicyclic) bond motifs is 1. The van der Waals surface area contributed by atoms with Crippen LogP contribution in [0.2, 0.25) is 0 Å². The maximum Gasteiger partial charge on any atom is 0.153 e. The van der Waals surface area contributed by atoms with E-state index < -0.39 is 0 Å². The molecule has 1 aliphatic heterocycles. The van der Waals surface area contributed by atoms with Crippen LogP contribution in [0.3, 0.4) is 0 Å². The largest absolute Gasteiger partial charge is 0.302 e. The van der Waals surface area contributed by atoms with Gasteiger partial charge in [0.15, 0.2) is 5.82 Å². The van der Waals surface area contributed by atoms with Crippen molar-refractivity contribution in [1.82, 2.24) is 19.7 Å². The van der Waals surface area contributed by atoms with Crippen molar-refractivity contribution in [2.24, 2.45) is 0 Å².